The molecule has 0 saturated heterocycles. The molecule has 294 valence electrons. The van der Waals surface area contributed by atoms with Crippen LogP contribution in [0.1, 0.15) is 0 Å². The summed E-state index contributed by atoms with van der Waals surface area (Å²) in [5, 5.41) is 8.46. The average molecular weight is 820 g/mol. The van der Waals surface area contributed by atoms with Gasteiger partial charge in [0.05, 0.1) is 11.0 Å². The molecule has 0 radical (unpaired) electrons. The Morgan fingerprint density at radius 2 is 0.794 bits per heavy atom. The maximum atomic E-state index is 6.86. The summed E-state index contributed by atoms with van der Waals surface area (Å²) in [4.78, 5) is 9.91. The van der Waals surface area contributed by atoms with Gasteiger partial charge >= 0.3 is 0 Å². The van der Waals surface area contributed by atoms with Gasteiger partial charge in [0.2, 0.25) is 0 Å². The van der Waals surface area contributed by atoms with Crippen LogP contribution >= 0.6 is 0 Å². The molecule has 3 heterocycles. The van der Waals surface area contributed by atoms with Gasteiger partial charge in [-0.15, -0.1) is 0 Å². The zero-order chi connectivity index (χ0) is 41.5. The molecule has 3 aromatic heterocycles. The number of fused-ring (bicyclic) bond motifs is 14. The molecule has 63 heavy (non-hydrogen) atoms. The fraction of sp³-hybridized carbons (Fsp3) is 0. The van der Waals surface area contributed by atoms with E-state index < -0.39 is 8.07 Å². The Morgan fingerprint density at radius 3 is 1.35 bits per heavy atom. The molecule has 9 aromatic carbocycles. The summed E-state index contributed by atoms with van der Waals surface area (Å²) < 4.78 is 9.08. The molecule has 4 nitrogen and oxygen atoms in total. The van der Waals surface area contributed by atoms with Gasteiger partial charge < -0.3 is 4.42 Å². The molecule has 0 bridgehead atoms. The highest BCUT2D eigenvalue weighted by atomic mass is 28.3. The van der Waals surface area contributed by atoms with Crippen molar-refractivity contribution in [2.24, 2.45) is 0 Å². The number of rotatable bonds is 5. The van der Waals surface area contributed by atoms with Crippen LogP contribution in [0.3, 0.4) is 0 Å². The second kappa shape index (κ2) is 14.0. The Labute approximate surface area is 365 Å². The van der Waals surface area contributed by atoms with Crippen molar-refractivity contribution in [2.75, 3.05) is 0 Å². The zero-order valence-electron chi connectivity index (χ0n) is 34.1. The molecule has 0 aliphatic heterocycles. The van der Waals surface area contributed by atoms with Crippen molar-refractivity contribution in [3.05, 3.63) is 225 Å². The number of para-hydroxylation sites is 2. The fourth-order valence-electron chi connectivity index (χ4n) is 10.6. The minimum Gasteiger partial charge on any atom is -0.450 e. The number of furan rings is 1. The van der Waals surface area contributed by atoms with Crippen LogP contribution in [0.5, 0.6) is 0 Å². The van der Waals surface area contributed by atoms with Gasteiger partial charge in [-0.2, -0.15) is 0 Å². The minimum absolute atomic E-state index is 0.666. The van der Waals surface area contributed by atoms with Gasteiger partial charge in [-0.3, -0.25) is 4.57 Å². The summed E-state index contributed by atoms with van der Waals surface area (Å²) in [6.07, 6.45) is 1.68. The van der Waals surface area contributed by atoms with Crippen molar-refractivity contribution in [3.8, 4) is 50.3 Å². The van der Waals surface area contributed by atoms with Crippen molar-refractivity contribution < 1.29 is 4.42 Å². The smallest absolute Gasteiger partial charge is 0.197 e. The number of benzene rings is 9. The molecule has 0 N–H and O–H groups in total. The summed E-state index contributed by atoms with van der Waals surface area (Å²) in [6.45, 7) is 0. The topological polar surface area (TPSA) is 43.9 Å². The SMILES string of the molecule is c1ccc([Si](c2ccccc2)(c2ccc3c(c2)-c2ccccc2-c2ccccc2-c2ccccc2-3)c2ccc3oc4c(-n5c6ccccc6c6ccccc65)ncnc4c3c2)cc1. The Balaban J connectivity index is 1.10. The normalized spacial score (nSPS) is 12.1. The Kier molecular flexibility index (Phi) is 7.89. The lowest BCUT2D eigenvalue weighted by molar-refractivity contribution is 0.662. The van der Waals surface area contributed by atoms with Gasteiger partial charge in [-0.05, 0) is 89.5 Å². The van der Waals surface area contributed by atoms with E-state index in [2.05, 4.69) is 223 Å². The first-order chi connectivity index (χ1) is 31.3. The maximum absolute atomic E-state index is 6.86. The summed E-state index contributed by atoms with van der Waals surface area (Å²) in [7, 11) is -3.08. The lowest BCUT2D eigenvalue weighted by atomic mass is 9.81. The van der Waals surface area contributed by atoms with E-state index >= 15 is 0 Å². The molecule has 1 aliphatic carbocycles. The highest BCUT2D eigenvalue weighted by Crippen LogP contribution is 2.47. The first kappa shape index (κ1) is 35.6. The number of nitrogens with zero attached hydrogens (tertiary/aromatic N) is 3. The lowest BCUT2D eigenvalue weighted by Crippen LogP contribution is -2.74. The first-order valence-corrected chi connectivity index (χ1v) is 23.5. The molecular weight excluding hydrogens is 783 g/mol. The van der Waals surface area contributed by atoms with E-state index in [0.29, 0.717) is 5.58 Å². The molecule has 5 heteroatoms. The number of hydrogen-bond donors (Lipinski definition) is 0. The Morgan fingerprint density at radius 1 is 0.349 bits per heavy atom. The van der Waals surface area contributed by atoms with Gasteiger partial charge in [-0.1, -0.05) is 194 Å². The third-order valence-corrected chi connectivity index (χ3v) is 18.0. The summed E-state index contributed by atoms with van der Waals surface area (Å²) in [5.74, 6) is 0.729. The summed E-state index contributed by atoms with van der Waals surface area (Å²) in [5.41, 5.74) is 14.3. The molecule has 0 spiro atoms. The first-order valence-electron chi connectivity index (χ1n) is 21.5. The maximum Gasteiger partial charge on any atom is 0.197 e. The second-order valence-corrected chi connectivity index (χ2v) is 20.2. The molecule has 0 amide bonds. The van der Waals surface area contributed by atoms with Crippen LogP contribution in [0.4, 0.5) is 0 Å². The average Bonchev–Trinajstić information content (AvgIpc) is 3.90. The Hall–Kier alpha value is -8.12. The van der Waals surface area contributed by atoms with Gasteiger partial charge in [0.15, 0.2) is 19.5 Å². The van der Waals surface area contributed by atoms with Crippen molar-refractivity contribution in [1.82, 2.24) is 14.5 Å². The van der Waals surface area contributed by atoms with Gasteiger partial charge in [-0.25, -0.2) is 9.97 Å². The third-order valence-electron chi connectivity index (χ3n) is 13.3. The standard InChI is InChI=1S/C58H37N3OSi/c1-3-17-38(18-4-1)63(39-19-5-2-6-20-39,40-31-33-48-46-25-10-9-23-44(46)42-21-7-8-22-43(42)45-24-11-12-26-47(45)51(48)35-40)41-32-34-55-52(36-41)56-57(62-55)58(60-37-59-56)61-53-29-15-13-27-49(53)50-28-14-16-30-54(50)61/h1-37H. The van der Waals surface area contributed by atoms with E-state index in [1.54, 1.807) is 6.33 Å². The van der Waals surface area contributed by atoms with Gasteiger partial charge in [0.25, 0.3) is 0 Å². The van der Waals surface area contributed by atoms with E-state index in [1.165, 1.54) is 76.0 Å². The van der Waals surface area contributed by atoms with Crippen LogP contribution in [-0.4, -0.2) is 22.6 Å². The predicted octanol–water partition coefficient (Wildman–Crippen LogP) is 11.8. The lowest BCUT2D eigenvalue weighted by Gasteiger charge is -2.35. The monoisotopic (exact) mass is 819 g/mol. The van der Waals surface area contributed by atoms with Crippen LogP contribution in [0.15, 0.2) is 229 Å². The van der Waals surface area contributed by atoms with E-state index in [0.717, 1.165) is 33.3 Å². The summed E-state index contributed by atoms with van der Waals surface area (Å²) in [6, 6.07) is 80.1. The van der Waals surface area contributed by atoms with Crippen LogP contribution < -0.4 is 20.7 Å². The molecule has 0 fully saturated rings. The molecule has 13 rings (SSSR count). The van der Waals surface area contributed by atoms with Crippen molar-refractivity contribution in [2.45, 2.75) is 0 Å². The third kappa shape index (κ3) is 5.21. The van der Waals surface area contributed by atoms with E-state index in [-0.39, 0.29) is 0 Å². The van der Waals surface area contributed by atoms with Crippen molar-refractivity contribution >= 4 is 72.7 Å². The second-order valence-electron chi connectivity index (χ2n) is 16.4. The molecule has 12 aromatic rings. The molecule has 0 saturated carbocycles. The van der Waals surface area contributed by atoms with Gasteiger partial charge in [0, 0.05) is 16.2 Å². The van der Waals surface area contributed by atoms with Crippen LogP contribution in [0.2, 0.25) is 0 Å². The summed E-state index contributed by atoms with van der Waals surface area (Å²) >= 11 is 0. The Bertz CT molecular complexity index is 3660. The minimum atomic E-state index is -3.08. The van der Waals surface area contributed by atoms with E-state index in [9.17, 15) is 0 Å². The molecule has 1 aliphatic rings. The molecule has 0 atom stereocenters. The van der Waals surface area contributed by atoms with Crippen LogP contribution in [-0.2, 0) is 0 Å². The van der Waals surface area contributed by atoms with Crippen molar-refractivity contribution in [3.63, 3.8) is 0 Å². The molecule has 0 unspecified atom stereocenters. The highest BCUT2D eigenvalue weighted by Gasteiger charge is 2.42. The van der Waals surface area contributed by atoms with E-state index in [1.807, 2.05) is 0 Å². The quantitative estimate of drug-likeness (QED) is 0.128. The number of aromatic nitrogens is 3. The van der Waals surface area contributed by atoms with Crippen LogP contribution in [0, 0.1) is 0 Å². The zero-order valence-corrected chi connectivity index (χ0v) is 35.1. The fourth-order valence-corrected chi connectivity index (χ4v) is 15.4. The largest absolute Gasteiger partial charge is 0.450 e. The molecular formula is C58H37N3OSi. The van der Waals surface area contributed by atoms with Crippen molar-refractivity contribution in [1.29, 1.82) is 0 Å². The predicted molar refractivity (Wildman–Crippen MR) is 263 cm³/mol. The highest BCUT2D eigenvalue weighted by molar-refractivity contribution is 7.20. The van der Waals surface area contributed by atoms with Crippen LogP contribution in [0.25, 0.3) is 94.2 Å². The van der Waals surface area contributed by atoms with E-state index in [4.69, 9.17) is 14.4 Å². The number of hydrogen-bond acceptors (Lipinski definition) is 3. The van der Waals surface area contributed by atoms with Gasteiger partial charge in [0.1, 0.15) is 17.4 Å².